The average molecular weight is 382 g/mol. The molecular weight excluding hydrogens is 364 g/mol. The lowest BCUT2D eigenvalue weighted by molar-refractivity contribution is -0.138. The minimum atomic E-state index is -0.617. The van der Waals surface area contributed by atoms with E-state index in [1.165, 1.54) is 11.8 Å². The van der Waals surface area contributed by atoms with Crippen LogP contribution in [0.2, 0.25) is 0 Å². The second-order valence-corrected chi connectivity index (χ2v) is 6.46. The molecule has 0 radical (unpaired) electrons. The molecular formula is C20H18N2O4S. The molecule has 0 unspecified atom stereocenters. The molecule has 0 aliphatic carbocycles. The Labute approximate surface area is 161 Å². The SMILES string of the molecule is CCOC(=O)C1=C(O)/C(=C\c2ccccn2)SC1=Nc1cccc(OC)c1. The van der Waals surface area contributed by atoms with Gasteiger partial charge in [0.05, 0.1) is 30.0 Å². The summed E-state index contributed by atoms with van der Waals surface area (Å²) in [6.45, 7) is 1.91. The quantitative estimate of drug-likeness (QED) is 0.777. The highest BCUT2D eigenvalue weighted by Crippen LogP contribution is 2.40. The molecule has 0 amide bonds. The minimum Gasteiger partial charge on any atom is -0.506 e. The number of carbonyl (C=O) groups is 1. The van der Waals surface area contributed by atoms with E-state index >= 15 is 0 Å². The number of aliphatic imine (C=N–C) groups is 1. The zero-order chi connectivity index (χ0) is 19.2. The molecule has 1 aliphatic rings. The van der Waals surface area contributed by atoms with E-state index < -0.39 is 5.97 Å². The second kappa shape index (κ2) is 8.55. The highest BCUT2D eigenvalue weighted by atomic mass is 32.2. The maximum atomic E-state index is 12.4. The van der Waals surface area contributed by atoms with E-state index in [0.717, 1.165) is 0 Å². The fraction of sp³-hybridized carbons (Fsp3) is 0.150. The van der Waals surface area contributed by atoms with Gasteiger partial charge in [-0.1, -0.05) is 23.9 Å². The first-order valence-electron chi connectivity index (χ1n) is 8.26. The van der Waals surface area contributed by atoms with Crippen LogP contribution in [0.3, 0.4) is 0 Å². The number of hydrogen-bond acceptors (Lipinski definition) is 7. The summed E-state index contributed by atoms with van der Waals surface area (Å²) in [4.78, 5) is 21.6. The van der Waals surface area contributed by atoms with Crippen LogP contribution in [-0.2, 0) is 9.53 Å². The summed E-state index contributed by atoms with van der Waals surface area (Å²) in [5.74, 6) is -0.130. The topological polar surface area (TPSA) is 81.0 Å². The molecule has 1 aliphatic heterocycles. The number of benzene rings is 1. The van der Waals surface area contributed by atoms with E-state index in [-0.39, 0.29) is 17.9 Å². The summed E-state index contributed by atoms with van der Waals surface area (Å²) in [6, 6.07) is 12.6. The zero-order valence-electron chi connectivity index (χ0n) is 14.9. The highest BCUT2D eigenvalue weighted by Gasteiger charge is 2.33. The van der Waals surface area contributed by atoms with Gasteiger partial charge in [-0.25, -0.2) is 9.79 Å². The van der Waals surface area contributed by atoms with Crippen LogP contribution >= 0.6 is 11.8 Å². The first kappa shape index (κ1) is 18.7. The number of aliphatic hydroxyl groups excluding tert-OH is 1. The van der Waals surface area contributed by atoms with Gasteiger partial charge in [-0.05, 0) is 37.3 Å². The third-order valence-electron chi connectivity index (χ3n) is 3.62. The number of methoxy groups -OCH3 is 1. The molecule has 7 heteroatoms. The maximum Gasteiger partial charge on any atom is 0.344 e. The van der Waals surface area contributed by atoms with Crippen LogP contribution in [0.25, 0.3) is 6.08 Å². The van der Waals surface area contributed by atoms with Gasteiger partial charge in [0.25, 0.3) is 0 Å². The van der Waals surface area contributed by atoms with Crippen molar-refractivity contribution in [3.05, 3.63) is 70.6 Å². The Kier molecular flexibility index (Phi) is 5.93. The number of thioether (sulfide) groups is 1. The number of nitrogens with zero attached hydrogens (tertiary/aromatic N) is 2. The number of hydrogen-bond donors (Lipinski definition) is 1. The number of carbonyl (C=O) groups excluding carboxylic acids is 1. The van der Waals surface area contributed by atoms with Gasteiger partial charge < -0.3 is 14.6 Å². The lowest BCUT2D eigenvalue weighted by atomic mass is 10.2. The Morgan fingerprint density at radius 1 is 1.30 bits per heavy atom. The Hall–Kier alpha value is -3.06. The van der Waals surface area contributed by atoms with E-state index in [1.807, 2.05) is 12.1 Å². The van der Waals surface area contributed by atoms with Gasteiger partial charge in [0, 0.05) is 12.3 Å². The van der Waals surface area contributed by atoms with Crippen LogP contribution in [0.4, 0.5) is 5.69 Å². The minimum absolute atomic E-state index is 0.0480. The molecule has 3 rings (SSSR count). The van der Waals surface area contributed by atoms with E-state index in [9.17, 15) is 9.90 Å². The second-order valence-electron chi connectivity index (χ2n) is 5.43. The first-order valence-corrected chi connectivity index (χ1v) is 9.08. The Morgan fingerprint density at radius 2 is 2.15 bits per heavy atom. The molecule has 1 aromatic carbocycles. The molecule has 0 bridgehead atoms. The van der Waals surface area contributed by atoms with Crippen molar-refractivity contribution in [3.63, 3.8) is 0 Å². The Bertz CT molecular complexity index is 936. The van der Waals surface area contributed by atoms with Crippen LogP contribution in [0, 0.1) is 0 Å². The van der Waals surface area contributed by atoms with Crippen molar-refractivity contribution >= 4 is 34.5 Å². The number of aromatic nitrogens is 1. The van der Waals surface area contributed by atoms with Gasteiger partial charge in [0.15, 0.2) is 0 Å². The molecule has 1 aromatic heterocycles. The summed E-state index contributed by atoms with van der Waals surface area (Å²) in [5, 5.41) is 11.0. The number of ether oxygens (including phenoxy) is 2. The summed E-state index contributed by atoms with van der Waals surface area (Å²) < 4.78 is 10.3. The average Bonchev–Trinajstić information content (AvgIpc) is 2.98. The smallest absolute Gasteiger partial charge is 0.344 e. The van der Waals surface area contributed by atoms with Crippen molar-refractivity contribution in [1.29, 1.82) is 0 Å². The van der Waals surface area contributed by atoms with Gasteiger partial charge in [0.2, 0.25) is 0 Å². The number of esters is 1. The van der Waals surface area contributed by atoms with Crippen LogP contribution in [0.5, 0.6) is 5.75 Å². The summed E-state index contributed by atoms with van der Waals surface area (Å²) in [7, 11) is 1.57. The number of aliphatic hydroxyl groups is 1. The summed E-state index contributed by atoms with van der Waals surface area (Å²) >= 11 is 1.19. The summed E-state index contributed by atoms with van der Waals surface area (Å²) in [5.41, 5.74) is 1.31. The Balaban J connectivity index is 2.03. The van der Waals surface area contributed by atoms with Crippen molar-refractivity contribution in [2.45, 2.75) is 6.92 Å². The molecule has 1 N–H and O–H groups in total. The highest BCUT2D eigenvalue weighted by molar-refractivity contribution is 8.18. The normalized spacial score (nSPS) is 16.8. The van der Waals surface area contributed by atoms with Gasteiger partial charge >= 0.3 is 5.97 Å². The maximum absolute atomic E-state index is 12.4. The zero-order valence-corrected chi connectivity index (χ0v) is 15.7. The fourth-order valence-electron chi connectivity index (χ4n) is 2.38. The number of rotatable bonds is 5. The van der Waals surface area contributed by atoms with Gasteiger partial charge in [-0.15, -0.1) is 0 Å². The monoisotopic (exact) mass is 382 g/mol. The van der Waals surface area contributed by atoms with Gasteiger partial charge in [0.1, 0.15) is 22.1 Å². The predicted octanol–water partition coefficient (Wildman–Crippen LogP) is 4.28. The van der Waals surface area contributed by atoms with Crippen LogP contribution in [0.15, 0.2) is 69.9 Å². The standard InChI is InChI=1S/C20H18N2O4S/c1-3-26-20(24)17-18(23)16(12-13-7-4-5-10-21-13)27-19(17)22-14-8-6-9-15(11-14)25-2/h4-12,23H,3H2,1-2H3/b16-12+,22-19?. The van der Waals surface area contributed by atoms with Crippen molar-refractivity contribution < 1.29 is 19.4 Å². The molecule has 0 saturated heterocycles. The molecule has 27 heavy (non-hydrogen) atoms. The third kappa shape index (κ3) is 4.38. The van der Waals surface area contributed by atoms with Gasteiger partial charge in [-0.3, -0.25) is 4.98 Å². The van der Waals surface area contributed by atoms with Crippen molar-refractivity contribution in [3.8, 4) is 5.75 Å². The van der Waals surface area contributed by atoms with E-state index in [4.69, 9.17) is 9.47 Å². The molecule has 2 heterocycles. The van der Waals surface area contributed by atoms with E-state index in [1.54, 1.807) is 56.6 Å². The molecule has 138 valence electrons. The molecule has 0 saturated carbocycles. The van der Waals surface area contributed by atoms with Crippen molar-refractivity contribution in [1.82, 2.24) is 4.98 Å². The largest absolute Gasteiger partial charge is 0.506 e. The van der Waals surface area contributed by atoms with Crippen molar-refractivity contribution in [2.24, 2.45) is 4.99 Å². The Morgan fingerprint density at radius 3 is 2.85 bits per heavy atom. The first-order chi connectivity index (χ1) is 13.1. The molecule has 0 spiro atoms. The van der Waals surface area contributed by atoms with Crippen LogP contribution in [-0.4, -0.2) is 34.8 Å². The summed E-state index contributed by atoms with van der Waals surface area (Å²) in [6.07, 6.45) is 3.36. The predicted molar refractivity (Wildman–Crippen MR) is 106 cm³/mol. The van der Waals surface area contributed by atoms with Crippen molar-refractivity contribution in [2.75, 3.05) is 13.7 Å². The lowest BCUT2D eigenvalue weighted by Crippen LogP contribution is -2.12. The fourth-order valence-corrected chi connectivity index (χ4v) is 3.40. The van der Waals surface area contributed by atoms with E-state index in [0.29, 0.717) is 27.1 Å². The van der Waals surface area contributed by atoms with Gasteiger partial charge in [-0.2, -0.15) is 0 Å². The molecule has 0 atom stereocenters. The van der Waals surface area contributed by atoms with Crippen LogP contribution < -0.4 is 4.74 Å². The third-order valence-corrected chi connectivity index (χ3v) is 4.64. The van der Waals surface area contributed by atoms with E-state index in [2.05, 4.69) is 9.98 Å². The molecule has 0 fully saturated rings. The lowest BCUT2D eigenvalue weighted by Gasteiger charge is -2.04. The number of pyridine rings is 1. The van der Waals surface area contributed by atoms with Crippen LogP contribution in [0.1, 0.15) is 12.6 Å². The molecule has 6 nitrogen and oxygen atoms in total. The molecule has 2 aromatic rings.